The van der Waals surface area contributed by atoms with Crippen molar-refractivity contribution >= 4 is 0 Å². The number of methoxy groups -OCH3 is 1. The van der Waals surface area contributed by atoms with Crippen LogP contribution in [0.2, 0.25) is 0 Å². The zero-order valence-corrected chi connectivity index (χ0v) is 16.1. The van der Waals surface area contributed by atoms with Gasteiger partial charge < -0.3 is 23.7 Å². The van der Waals surface area contributed by atoms with Gasteiger partial charge in [0.25, 0.3) is 0 Å². The van der Waals surface area contributed by atoms with Gasteiger partial charge in [-0.25, -0.2) is 0 Å². The molecule has 0 aromatic rings. The molecule has 0 N–H and O–H groups in total. The van der Waals surface area contributed by atoms with Crippen LogP contribution in [0.1, 0.15) is 54.9 Å². The molecule has 1 heterocycles. The van der Waals surface area contributed by atoms with Crippen molar-refractivity contribution in [1.29, 1.82) is 0 Å². The summed E-state index contributed by atoms with van der Waals surface area (Å²) in [5.74, 6) is 0. The standard InChI is InChI=1S/C18H36O5/c1-9-14-16(20-11(2)3)18(22-13(6)7)17(21-12(4)5)15(23-14)10-19-8/h11-18H,9-10H2,1-8H3. The van der Waals surface area contributed by atoms with Gasteiger partial charge in [-0.1, -0.05) is 6.92 Å². The van der Waals surface area contributed by atoms with Gasteiger partial charge in [0, 0.05) is 7.11 Å². The van der Waals surface area contributed by atoms with Crippen LogP contribution in [0.4, 0.5) is 0 Å². The molecule has 1 fully saturated rings. The van der Waals surface area contributed by atoms with E-state index in [1.165, 1.54) is 0 Å². The largest absolute Gasteiger partial charge is 0.382 e. The van der Waals surface area contributed by atoms with Gasteiger partial charge in [0.1, 0.15) is 24.4 Å². The predicted octanol–water partition coefficient (Wildman–Crippen LogP) is 3.19. The average molecular weight is 332 g/mol. The molecule has 23 heavy (non-hydrogen) atoms. The Hall–Kier alpha value is -0.200. The second kappa shape index (κ2) is 9.94. The van der Waals surface area contributed by atoms with Crippen LogP contribution in [-0.4, -0.2) is 62.5 Å². The van der Waals surface area contributed by atoms with Crippen LogP contribution in [-0.2, 0) is 23.7 Å². The first kappa shape index (κ1) is 20.8. The van der Waals surface area contributed by atoms with Crippen LogP contribution in [0.5, 0.6) is 0 Å². The van der Waals surface area contributed by atoms with Crippen LogP contribution in [0, 0.1) is 0 Å². The molecule has 0 saturated carbocycles. The molecule has 1 saturated heterocycles. The summed E-state index contributed by atoms with van der Waals surface area (Å²) in [5.41, 5.74) is 0. The minimum Gasteiger partial charge on any atom is -0.382 e. The highest BCUT2D eigenvalue weighted by Gasteiger charge is 2.48. The third-order valence-electron chi connectivity index (χ3n) is 3.75. The van der Waals surface area contributed by atoms with Crippen molar-refractivity contribution in [2.75, 3.05) is 13.7 Å². The molecule has 1 aliphatic rings. The second-order valence-electron chi connectivity index (χ2n) is 7.02. The third-order valence-corrected chi connectivity index (χ3v) is 3.75. The van der Waals surface area contributed by atoms with Crippen molar-refractivity contribution in [2.45, 2.75) is 104 Å². The van der Waals surface area contributed by atoms with E-state index in [9.17, 15) is 0 Å². The molecule has 0 aromatic heterocycles. The molecule has 138 valence electrons. The second-order valence-corrected chi connectivity index (χ2v) is 7.02. The first-order chi connectivity index (χ1) is 10.8. The lowest BCUT2D eigenvalue weighted by molar-refractivity contribution is -0.281. The summed E-state index contributed by atoms with van der Waals surface area (Å²) in [6, 6.07) is 0. The van der Waals surface area contributed by atoms with Gasteiger partial charge in [0.05, 0.1) is 31.0 Å². The maximum Gasteiger partial charge on any atom is 0.115 e. The van der Waals surface area contributed by atoms with Crippen molar-refractivity contribution in [3.05, 3.63) is 0 Å². The molecule has 1 rings (SSSR count). The fourth-order valence-corrected chi connectivity index (χ4v) is 3.04. The lowest BCUT2D eigenvalue weighted by atomic mass is 9.92. The van der Waals surface area contributed by atoms with Gasteiger partial charge in [-0.05, 0) is 48.0 Å². The van der Waals surface area contributed by atoms with Crippen molar-refractivity contribution in [3.63, 3.8) is 0 Å². The molecule has 5 heteroatoms. The molecule has 0 aromatic carbocycles. The van der Waals surface area contributed by atoms with E-state index in [1.807, 2.05) is 41.5 Å². The molecular formula is C18H36O5. The Morgan fingerprint density at radius 3 is 1.57 bits per heavy atom. The maximum absolute atomic E-state index is 6.26. The summed E-state index contributed by atoms with van der Waals surface area (Å²) < 4.78 is 30.2. The molecule has 0 radical (unpaired) electrons. The smallest absolute Gasteiger partial charge is 0.115 e. The molecule has 5 atom stereocenters. The summed E-state index contributed by atoms with van der Waals surface area (Å²) in [4.78, 5) is 0. The normalized spacial score (nSPS) is 32.2. The minimum atomic E-state index is -0.205. The Bertz CT molecular complexity index is 319. The fraction of sp³-hybridized carbons (Fsp3) is 1.00. The van der Waals surface area contributed by atoms with Crippen LogP contribution < -0.4 is 0 Å². The van der Waals surface area contributed by atoms with Gasteiger partial charge in [-0.2, -0.15) is 0 Å². The van der Waals surface area contributed by atoms with Crippen LogP contribution in [0.15, 0.2) is 0 Å². The van der Waals surface area contributed by atoms with E-state index in [1.54, 1.807) is 7.11 Å². The van der Waals surface area contributed by atoms with Crippen LogP contribution in [0.25, 0.3) is 0 Å². The predicted molar refractivity (Wildman–Crippen MR) is 90.9 cm³/mol. The monoisotopic (exact) mass is 332 g/mol. The topological polar surface area (TPSA) is 46.2 Å². The van der Waals surface area contributed by atoms with Gasteiger partial charge in [-0.3, -0.25) is 0 Å². The zero-order chi connectivity index (χ0) is 17.6. The van der Waals surface area contributed by atoms with E-state index in [-0.39, 0.29) is 48.8 Å². The molecule has 0 bridgehead atoms. The lowest BCUT2D eigenvalue weighted by Gasteiger charge is -2.47. The number of hydrogen-bond acceptors (Lipinski definition) is 5. The Kier molecular flexibility index (Phi) is 9.01. The van der Waals surface area contributed by atoms with Crippen LogP contribution >= 0.6 is 0 Å². The summed E-state index contributed by atoms with van der Waals surface area (Å²) in [6.45, 7) is 14.8. The Morgan fingerprint density at radius 1 is 0.739 bits per heavy atom. The fourth-order valence-electron chi connectivity index (χ4n) is 3.04. The number of ether oxygens (including phenoxy) is 5. The van der Waals surface area contributed by atoms with Crippen molar-refractivity contribution in [3.8, 4) is 0 Å². The summed E-state index contributed by atoms with van der Waals surface area (Å²) >= 11 is 0. The molecule has 0 amide bonds. The van der Waals surface area contributed by atoms with Crippen molar-refractivity contribution in [2.24, 2.45) is 0 Å². The SMILES string of the molecule is CCC1OC(COC)C(OC(C)C)C(OC(C)C)C1OC(C)C. The number of hydrogen-bond donors (Lipinski definition) is 0. The highest BCUT2D eigenvalue weighted by molar-refractivity contribution is 4.96. The van der Waals surface area contributed by atoms with E-state index in [0.717, 1.165) is 6.42 Å². The molecular weight excluding hydrogens is 296 g/mol. The maximum atomic E-state index is 6.26. The highest BCUT2D eigenvalue weighted by Crippen LogP contribution is 2.31. The molecule has 5 nitrogen and oxygen atoms in total. The van der Waals surface area contributed by atoms with E-state index >= 15 is 0 Å². The minimum absolute atomic E-state index is 0.0201. The van der Waals surface area contributed by atoms with E-state index in [4.69, 9.17) is 23.7 Å². The van der Waals surface area contributed by atoms with E-state index in [2.05, 4.69) is 6.92 Å². The quantitative estimate of drug-likeness (QED) is 0.649. The van der Waals surface area contributed by atoms with Crippen molar-refractivity contribution < 1.29 is 23.7 Å². The number of rotatable bonds is 9. The molecule has 5 unspecified atom stereocenters. The Labute approximate surface area is 142 Å². The summed E-state index contributed by atoms with van der Waals surface area (Å²) in [6.07, 6.45) is 0.464. The third kappa shape index (κ3) is 6.31. The summed E-state index contributed by atoms with van der Waals surface area (Å²) in [7, 11) is 1.69. The van der Waals surface area contributed by atoms with Gasteiger partial charge >= 0.3 is 0 Å². The molecule has 1 aliphatic heterocycles. The Balaban J connectivity index is 3.09. The average Bonchev–Trinajstić information content (AvgIpc) is 2.43. The van der Waals surface area contributed by atoms with E-state index < -0.39 is 0 Å². The van der Waals surface area contributed by atoms with Crippen molar-refractivity contribution in [1.82, 2.24) is 0 Å². The van der Waals surface area contributed by atoms with Crippen LogP contribution in [0.3, 0.4) is 0 Å². The first-order valence-corrected chi connectivity index (χ1v) is 8.90. The zero-order valence-electron chi connectivity index (χ0n) is 16.1. The highest BCUT2D eigenvalue weighted by atomic mass is 16.6. The van der Waals surface area contributed by atoms with Gasteiger partial charge in [0.15, 0.2) is 0 Å². The summed E-state index contributed by atoms with van der Waals surface area (Å²) in [5, 5.41) is 0. The Morgan fingerprint density at radius 2 is 1.17 bits per heavy atom. The van der Waals surface area contributed by atoms with Gasteiger partial charge in [-0.15, -0.1) is 0 Å². The van der Waals surface area contributed by atoms with E-state index in [0.29, 0.717) is 6.61 Å². The molecule has 0 aliphatic carbocycles. The molecule has 0 spiro atoms. The first-order valence-electron chi connectivity index (χ1n) is 8.90. The van der Waals surface area contributed by atoms with Gasteiger partial charge in [0.2, 0.25) is 0 Å². The lowest BCUT2D eigenvalue weighted by Crippen LogP contribution is -2.62.